The van der Waals surface area contributed by atoms with Crippen molar-refractivity contribution in [2.75, 3.05) is 14.2 Å². The molecule has 2 heteroatoms. The summed E-state index contributed by atoms with van der Waals surface area (Å²) in [5.41, 5.74) is 1.49. The maximum atomic E-state index is 5.33. The van der Waals surface area contributed by atoms with Gasteiger partial charge >= 0.3 is 0 Å². The standard InChI is InChI=1S/C15H30O2/c1-13(2)9-7-10-14(3)11-8-12-15(4,16-5)17-6/h11,13H,7-10,12H2,1-6H3. The van der Waals surface area contributed by atoms with Crippen molar-refractivity contribution in [2.45, 2.75) is 65.6 Å². The largest absolute Gasteiger partial charge is 0.353 e. The van der Waals surface area contributed by atoms with E-state index in [4.69, 9.17) is 9.47 Å². The molecule has 0 aromatic carbocycles. The zero-order valence-electron chi connectivity index (χ0n) is 12.5. The smallest absolute Gasteiger partial charge is 0.165 e. The maximum absolute atomic E-state index is 5.33. The van der Waals surface area contributed by atoms with Crippen LogP contribution in [0.4, 0.5) is 0 Å². The van der Waals surface area contributed by atoms with Crippen LogP contribution in [0.25, 0.3) is 0 Å². The predicted molar refractivity (Wildman–Crippen MR) is 74.1 cm³/mol. The quantitative estimate of drug-likeness (QED) is 0.436. The molecule has 0 spiro atoms. The molecule has 0 aromatic heterocycles. The van der Waals surface area contributed by atoms with Crippen LogP contribution in [-0.2, 0) is 9.47 Å². The normalized spacial score (nSPS) is 13.5. The Morgan fingerprint density at radius 1 is 1.24 bits per heavy atom. The summed E-state index contributed by atoms with van der Waals surface area (Å²) in [6.45, 7) is 8.76. The number of rotatable bonds is 9. The van der Waals surface area contributed by atoms with Gasteiger partial charge in [-0.1, -0.05) is 31.9 Å². The maximum Gasteiger partial charge on any atom is 0.165 e. The summed E-state index contributed by atoms with van der Waals surface area (Å²) < 4.78 is 10.7. The zero-order valence-corrected chi connectivity index (χ0v) is 12.5. The van der Waals surface area contributed by atoms with Crippen LogP contribution in [0.15, 0.2) is 11.6 Å². The SMILES string of the molecule is COC(C)(CCC=C(C)CCCC(C)C)OC. The molecule has 0 N–H and O–H groups in total. The van der Waals surface area contributed by atoms with E-state index in [-0.39, 0.29) is 0 Å². The Kier molecular flexibility index (Phi) is 8.53. The van der Waals surface area contributed by atoms with Gasteiger partial charge in [-0.25, -0.2) is 0 Å². The number of hydrogen-bond acceptors (Lipinski definition) is 2. The predicted octanol–water partition coefficient (Wildman–Crippen LogP) is 4.55. The van der Waals surface area contributed by atoms with Crippen molar-refractivity contribution in [2.24, 2.45) is 5.92 Å². The van der Waals surface area contributed by atoms with Gasteiger partial charge in [0.25, 0.3) is 0 Å². The molecule has 0 unspecified atom stereocenters. The number of hydrogen-bond donors (Lipinski definition) is 0. The summed E-state index contributed by atoms with van der Waals surface area (Å²) >= 11 is 0. The van der Waals surface area contributed by atoms with E-state index in [1.807, 2.05) is 6.92 Å². The summed E-state index contributed by atoms with van der Waals surface area (Å²) in [5.74, 6) is 0.377. The summed E-state index contributed by atoms with van der Waals surface area (Å²) in [4.78, 5) is 0. The van der Waals surface area contributed by atoms with Gasteiger partial charge in [0.2, 0.25) is 0 Å². The van der Waals surface area contributed by atoms with Crippen molar-refractivity contribution in [3.05, 3.63) is 11.6 Å². The fraction of sp³-hybridized carbons (Fsp3) is 0.867. The van der Waals surface area contributed by atoms with Gasteiger partial charge in [-0.15, -0.1) is 0 Å². The topological polar surface area (TPSA) is 18.5 Å². The molecule has 0 aliphatic carbocycles. The van der Waals surface area contributed by atoms with E-state index in [0.717, 1.165) is 18.8 Å². The summed E-state index contributed by atoms with van der Waals surface area (Å²) in [6.07, 6.45) is 8.07. The molecular formula is C15H30O2. The fourth-order valence-corrected chi connectivity index (χ4v) is 1.76. The lowest BCUT2D eigenvalue weighted by molar-refractivity contribution is -0.196. The van der Waals surface area contributed by atoms with Gasteiger partial charge in [0.15, 0.2) is 5.79 Å². The lowest BCUT2D eigenvalue weighted by Gasteiger charge is -2.25. The molecule has 0 rings (SSSR count). The van der Waals surface area contributed by atoms with E-state index in [0.29, 0.717) is 0 Å². The van der Waals surface area contributed by atoms with Crippen molar-refractivity contribution in [3.63, 3.8) is 0 Å². The number of methoxy groups -OCH3 is 2. The van der Waals surface area contributed by atoms with Crippen LogP contribution >= 0.6 is 0 Å². The van der Waals surface area contributed by atoms with Crippen molar-refractivity contribution >= 4 is 0 Å². The van der Waals surface area contributed by atoms with Gasteiger partial charge in [0, 0.05) is 20.6 Å². The minimum Gasteiger partial charge on any atom is -0.353 e. The highest BCUT2D eigenvalue weighted by Crippen LogP contribution is 2.19. The average Bonchev–Trinajstić information content (AvgIpc) is 2.28. The van der Waals surface area contributed by atoms with Crippen molar-refractivity contribution in [1.82, 2.24) is 0 Å². The first kappa shape index (κ1) is 16.7. The second kappa shape index (κ2) is 8.71. The van der Waals surface area contributed by atoms with E-state index in [9.17, 15) is 0 Å². The van der Waals surface area contributed by atoms with Gasteiger partial charge in [0.1, 0.15) is 0 Å². The molecule has 102 valence electrons. The Labute approximate surface area is 107 Å². The van der Waals surface area contributed by atoms with Crippen LogP contribution in [0.2, 0.25) is 0 Å². The Morgan fingerprint density at radius 2 is 1.82 bits per heavy atom. The molecule has 2 nitrogen and oxygen atoms in total. The summed E-state index contributed by atoms with van der Waals surface area (Å²) in [6, 6.07) is 0. The van der Waals surface area contributed by atoms with Gasteiger partial charge in [-0.2, -0.15) is 0 Å². The first-order valence-corrected chi connectivity index (χ1v) is 6.69. The first-order valence-electron chi connectivity index (χ1n) is 6.69. The van der Waals surface area contributed by atoms with Crippen LogP contribution in [0.5, 0.6) is 0 Å². The second-order valence-electron chi connectivity index (χ2n) is 5.42. The van der Waals surface area contributed by atoms with Crippen LogP contribution in [0.1, 0.15) is 59.8 Å². The minimum absolute atomic E-state index is 0.436. The van der Waals surface area contributed by atoms with Gasteiger partial charge < -0.3 is 9.47 Å². The van der Waals surface area contributed by atoms with Crippen molar-refractivity contribution < 1.29 is 9.47 Å². The summed E-state index contributed by atoms with van der Waals surface area (Å²) in [7, 11) is 3.39. The van der Waals surface area contributed by atoms with Crippen molar-refractivity contribution in [1.29, 1.82) is 0 Å². The Morgan fingerprint density at radius 3 is 2.29 bits per heavy atom. The number of allylic oxidation sites excluding steroid dienone is 2. The van der Waals surface area contributed by atoms with Crippen LogP contribution in [0.3, 0.4) is 0 Å². The molecule has 0 fully saturated rings. The lowest BCUT2D eigenvalue weighted by atomic mass is 10.0. The zero-order chi connectivity index (χ0) is 13.3. The van der Waals surface area contributed by atoms with E-state index in [1.165, 1.54) is 24.8 Å². The molecular weight excluding hydrogens is 212 g/mol. The summed E-state index contributed by atoms with van der Waals surface area (Å²) in [5, 5.41) is 0. The highest BCUT2D eigenvalue weighted by atomic mass is 16.7. The third kappa shape index (κ3) is 8.39. The molecule has 0 aromatic rings. The average molecular weight is 242 g/mol. The van der Waals surface area contributed by atoms with Crippen LogP contribution < -0.4 is 0 Å². The van der Waals surface area contributed by atoms with E-state index in [1.54, 1.807) is 14.2 Å². The molecule has 0 saturated carbocycles. The molecule has 17 heavy (non-hydrogen) atoms. The first-order chi connectivity index (χ1) is 7.93. The van der Waals surface area contributed by atoms with Gasteiger partial charge in [-0.3, -0.25) is 0 Å². The third-order valence-electron chi connectivity index (χ3n) is 3.31. The third-order valence-corrected chi connectivity index (χ3v) is 3.31. The molecule has 0 bridgehead atoms. The van der Waals surface area contributed by atoms with E-state index < -0.39 is 5.79 Å². The molecule has 0 aliphatic heterocycles. The second-order valence-corrected chi connectivity index (χ2v) is 5.42. The molecule has 0 aliphatic rings. The Bertz CT molecular complexity index is 215. The van der Waals surface area contributed by atoms with Gasteiger partial charge in [0.05, 0.1) is 0 Å². The monoisotopic (exact) mass is 242 g/mol. The lowest BCUT2D eigenvalue weighted by Crippen LogP contribution is -2.29. The fourth-order valence-electron chi connectivity index (χ4n) is 1.76. The van der Waals surface area contributed by atoms with Crippen molar-refractivity contribution in [3.8, 4) is 0 Å². The molecule has 0 radical (unpaired) electrons. The highest BCUT2D eigenvalue weighted by molar-refractivity contribution is 4.98. The van der Waals surface area contributed by atoms with E-state index in [2.05, 4.69) is 26.8 Å². The molecule has 0 saturated heterocycles. The van der Waals surface area contributed by atoms with Crippen LogP contribution in [0, 0.1) is 5.92 Å². The molecule has 0 atom stereocenters. The molecule has 0 amide bonds. The minimum atomic E-state index is -0.436. The highest BCUT2D eigenvalue weighted by Gasteiger charge is 2.20. The molecule has 0 heterocycles. The van der Waals surface area contributed by atoms with Crippen LogP contribution in [-0.4, -0.2) is 20.0 Å². The Balaban J connectivity index is 3.83. The van der Waals surface area contributed by atoms with E-state index >= 15 is 0 Å². The number of ether oxygens (including phenoxy) is 2. The van der Waals surface area contributed by atoms with Gasteiger partial charge in [-0.05, 0) is 39.0 Å². The Hall–Kier alpha value is -0.340.